The fourth-order valence-corrected chi connectivity index (χ4v) is 17.2. The van der Waals surface area contributed by atoms with Crippen molar-refractivity contribution in [3.8, 4) is 0 Å². The lowest BCUT2D eigenvalue weighted by atomic mass is 9.34. The van der Waals surface area contributed by atoms with Crippen molar-refractivity contribution in [2.45, 2.75) is 266 Å². The van der Waals surface area contributed by atoms with Gasteiger partial charge in [0.2, 0.25) is 6.29 Å². The monoisotopic (exact) mass is 1190 g/mol. The fourth-order valence-electron chi connectivity index (χ4n) is 17.2. The highest BCUT2D eigenvalue weighted by Gasteiger charge is 2.70. The molecule has 0 aromatic heterocycles. The maximum atomic E-state index is 14.7. The lowest BCUT2D eigenvalue weighted by Crippen LogP contribution is -2.68. The second kappa shape index (κ2) is 23.8. The minimum Gasteiger partial charge on any atom is -0.432 e. The third-order valence-corrected chi connectivity index (χ3v) is 22.5. The van der Waals surface area contributed by atoms with Gasteiger partial charge in [0.15, 0.2) is 25.2 Å². The van der Waals surface area contributed by atoms with E-state index in [1.54, 1.807) is 0 Å². The molecule has 0 bridgehead atoms. The van der Waals surface area contributed by atoms with Crippen LogP contribution >= 0.6 is 0 Å². The van der Waals surface area contributed by atoms with Gasteiger partial charge in [0.1, 0.15) is 104 Å². The van der Waals surface area contributed by atoms with E-state index in [4.69, 9.17) is 47.4 Å². The summed E-state index contributed by atoms with van der Waals surface area (Å²) in [6, 6.07) is 0. The number of allylic oxidation sites excluding steroid dienone is 3. The van der Waals surface area contributed by atoms with E-state index in [0.29, 0.717) is 38.5 Å². The molecule has 0 spiro atoms. The van der Waals surface area contributed by atoms with E-state index in [-0.39, 0.29) is 40.6 Å². The second-order valence-corrected chi connectivity index (χ2v) is 27.2. The zero-order valence-electron chi connectivity index (χ0n) is 48.4. The average Bonchev–Trinajstić information content (AvgIpc) is 0.791. The van der Waals surface area contributed by atoms with Crippen LogP contribution < -0.4 is 0 Å². The second-order valence-electron chi connectivity index (χ2n) is 27.2. The number of fused-ring (bicyclic) bond motifs is 7. The van der Waals surface area contributed by atoms with Crippen LogP contribution in [0.15, 0.2) is 23.8 Å². The molecule has 10 rings (SSSR count). The van der Waals surface area contributed by atoms with Gasteiger partial charge in [-0.25, -0.2) is 0 Å². The van der Waals surface area contributed by atoms with Gasteiger partial charge >= 0.3 is 5.97 Å². The summed E-state index contributed by atoms with van der Waals surface area (Å²) in [5.41, 5.74) is 0.0168. The van der Waals surface area contributed by atoms with Crippen molar-refractivity contribution in [1.29, 1.82) is 0 Å². The van der Waals surface area contributed by atoms with Crippen molar-refractivity contribution < 1.29 is 124 Å². The molecule has 5 aliphatic carbocycles. The van der Waals surface area contributed by atoms with E-state index in [2.05, 4.69) is 47.3 Å². The first kappa shape index (κ1) is 64.0. The number of esters is 1. The summed E-state index contributed by atoms with van der Waals surface area (Å²) in [7, 11) is 0. The molecule has 5 heterocycles. The van der Waals surface area contributed by atoms with Crippen molar-refractivity contribution in [3.63, 3.8) is 0 Å². The first-order valence-electron chi connectivity index (χ1n) is 29.8. The van der Waals surface area contributed by atoms with Crippen LogP contribution in [0.1, 0.15) is 113 Å². The van der Waals surface area contributed by atoms with Crippen molar-refractivity contribution in [1.82, 2.24) is 0 Å². The molecule has 25 nitrogen and oxygen atoms in total. The number of ether oxygens (including phenoxy) is 10. The van der Waals surface area contributed by atoms with E-state index in [1.165, 1.54) is 19.4 Å². The molecule has 0 amide bonds. The molecule has 5 aliphatic heterocycles. The topological polar surface area (TPSA) is 393 Å². The number of carbonyl (C=O) groups excluding carboxylic acids is 1. The molecule has 83 heavy (non-hydrogen) atoms. The highest BCUT2D eigenvalue weighted by molar-refractivity contribution is 5.79. The molecule has 25 heteroatoms. The Hall–Kier alpha value is -1.97. The zero-order chi connectivity index (χ0) is 60.4. The molecular weight excluding hydrogens is 1100 g/mol. The lowest BCUT2D eigenvalue weighted by Gasteiger charge is -2.71. The van der Waals surface area contributed by atoms with E-state index >= 15 is 0 Å². The number of hydrogen-bond donors (Lipinski definition) is 14. The van der Waals surface area contributed by atoms with E-state index in [1.807, 2.05) is 0 Å². The molecule has 10 aliphatic rings. The van der Waals surface area contributed by atoms with Gasteiger partial charge in [-0.05, 0) is 112 Å². The highest BCUT2D eigenvalue weighted by atomic mass is 16.8. The SMILES string of the molecule is C=C1CC[C@]2(C(=O)O[C@@H]3O[C@H](CO)[C@@H](O)[C@H](O)[C@H]3O)CC[C@]3(C)C(=CC[C@@H]4[C@@]5(C)CC[C@H](O[C@@H]6OC[C@@H](O)[C@H](O[C@@H]7O[C@H](CO)[C@@H](O[C@@H]8O[C@@H](C)[C@H](O)[C@@H](O)[C@H]8O)[C@H](O)[C@H]7O[C@@H]7O[C@@H](C)[C@H](O)[C@@H](O)[C@H]7O)[C@H]6O)C(C)(C)[C@H]5CC[C@]43C)[C@H]2C1. The third kappa shape index (κ3) is 10.6. The quantitative estimate of drug-likeness (QED) is 0.0572. The van der Waals surface area contributed by atoms with Crippen LogP contribution in [-0.2, 0) is 52.2 Å². The summed E-state index contributed by atoms with van der Waals surface area (Å²) < 4.78 is 60.3. The number of aliphatic hydroxyl groups excluding tert-OH is 14. The third-order valence-electron chi connectivity index (χ3n) is 22.5. The summed E-state index contributed by atoms with van der Waals surface area (Å²) in [4.78, 5) is 14.7. The van der Waals surface area contributed by atoms with Crippen LogP contribution in [0.3, 0.4) is 0 Å². The minimum absolute atomic E-state index is 0.117. The van der Waals surface area contributed by atoms with Gasteiger partial charge < -0.3 is 119 Å². The Balaban J connectivity index is 0.853. The maximum Gasteiger partial charge on any atom is 0.315 e. The van der Waals surface area contributed by atoms with E-state index in [9.17, 15) is 76.3 Å². The number of hydrogen-bond acceptors (Lipinski definition) is 25. The standard InChI is InChI=1S/C58H92O25/c1-23-11-16-58(53(73)83-51-42(70)39(67)36(64)29(20-59)77-51)18-17-56(7)26(27(58)19-23)9-10-32-55(6)14-13-33(54(4,5)31(55)12-15-57(32,56)8)79-48-44(72)45(28(61)22-74-48)80-52-47(82-50-41(69)38(66)35(63)25(3)76-50)43(71)46(30(21-60)78-52)81-49-40(68)37(65)34(62)24(2)75-49/h9,24-25,27-52,59-72H,1,10-22H2,2-8H3/t24-,25-,27+,28+,29+,30+,31+,32+,33-,34-,35-,36+,37+,38+,39-,40+,41+,42+,43-,44+,45-,46+,47+,48-,49-,50-,51-,52-,55-,56+,57+,58-/m0/s1. The molecule has 0 radical (unpaired) electrons. The largest absolute Gasteiger partial charge is 0.432 e. The summed E-state index contributed by atoms with van der Waals surface area (Å²) in [5, 5.41) is 152. The van der Waals surface area contributed by atoms with Gasteiger partial charge in [0.05, 0.1) is 43.5 Å². The normalized spacial score (nSPS) is 54.5. The average molecular weight is 1190 g/mol. The van der Waals surface area contributed by atoms with Gasteiger partial charge in [-0.2, -0.15) is 0 Å². The van der Waals surface area contributed by atoms with Crippen molar-refractivity contribution >= 4 is 5.97 Å². The molecule has 0 aromatic carbocycles. The predicted molar refractivity (Wildman–Crippen MR) is 282 cm³/mol. The molecule has 5 saturated heterocycles. The van der Waals surface area contributed by atoms with E-state index < -0.39 is 184 Å². The summed E-state index contributed by atoms with van der Waals surface area (Å²) >= 11 is 0. The van der Waals surface area contributed by atoms with Crippen LogP contribution in [0.25, 0.3) is 0 Å². The summed E-state index contributed by atoms with van der Waals surface area (Å²) in [6.45, 7) is 16.8. The smallest absolute Gasteiger partial charge is 0.315 e. The Labute approximate surface area is 483 Å². The molecule has 4 saturated carbocycles. The van der Waals surface area contributed by atoms with Gasteiger partial charge in [0, 0.05) is 5.92 Å². The molecule has 9 fully saturated rings. The summed E-state index contributed by atoms with van der Waals surface area (Å²) in [5.74, 6) is -0.463. The first-order chi connectivity index (χ1) is 39.0. The predicted octanol–water partition coefficient (Wildman–Crippen LogP) is -1.99. The van der Waals surface area contributed by atoms with E-state index in [0.717, 1.165) is 31.3 Å². The maximum absolute atomic E-state index is 14.7. The Morgan fingerprint density at radius 1 is 0.578 bits per heavy atom. The Bertz CT molecular complexity index is 2340. The number of aliphatic hydroxyl groups is 14. The van der Waals surface area contributed by atoms with Crippen molar-refractivity contribution in [2.24, 2.45) is 44.8 Å². The number of carbonyl (C=O) groups is 1. The molecule has 0 aromatic rings. The minimum atomic E-state index is -1.93. The van der Waals surface area contributed by atoms with Gasteiger partial charge in [-0.15, -0.1) is 0 Å². The molecule has 32 atom stereocenters. The van der Waals surface area contributed by atoms with Gasteiger partial charge in [-0.3, -0.25) is 4.79 Å². The first-order valence-corrected chi connectivity index (χ1v) is 29.8. The van der Waals surface area contributed by atoms with Crippen LogP contribution in [0.2, 0.25) is 0 Å². The molecule has 14 N–H and O–H groups in total. The Morgan fingerprint density at radius 3 is 1.78 bits per heavy atom. The van der Waals surface area contributed by atoms with Gasteiger partial charge in [0.25, 0.3) is 0 Å². The molecule has 474 valence electrons. The molecular formula is C58H92O25. The number of rotatable bonds is 12. The van der Waals surface area contributed by atoms with Gasteiger partial charge in [-0.1, -0.05) is 58.4 Å². The Kier molecular flexibility index (Phi) is 18.3. The van der Waals surface area contributed by atoms with Crippen molar-refractivity contribution in [3.05, 3.63) is 23.8 Å². The highest BCUT2D eigenvalue weighted by Crippen LogP contribution is 2.75. The summed E-state index contributed by atoms with van der Waals surface area (Å²) in [6.07, 6.45) is -30.1. The zero-order valence-corrected chi connectivity index (χ0v) is 48.4. The molecule has 0 unspecified atom stereocenters. The lowest BCUT2D eigenvalue weighted by molar-refractivity contribution is -0.399. The van der Waals surface area contributed by atoms with Crippen molar-refractivity contribution in [2.75, 3.05) is 19.8 Å². The van der Waals surface area contributed by atoms with Crippen LogP contribution in [-0.4, -0.2) is 251 Å². The fraction of sp³-hybridized carbons (Fsp3) is 0.914. The Morgan fingerprint density at radius 2 is 1.16 bits per heavy atom. The van der Waals surface area contributed by atoms with Crippen LogP contribution in [0, 0.1) is 44.8 Å². The van der Waals surface area contributed by atoms with Crippen LogP contribution in [0.4, 0.5) is 0 Å². The van der Waals surface area contributed by atoms with Crippen LogP contribution in [0.5, 0.6) is 0 Å².